The summed E-state index contributed by atoms with van der Waals surface area (Å²) in [4.78, 5) is 8.37. The summed E-state index contributed by atoms with van der Waals surface area (Å²) >= 11 is 7.31. The molecule has 2 heterocycles. The highest BCUT2D eigenvalue weighted by atomic mass is 35.5. The summed E-state index contributed by atoms with van der Waals surface area (Å²) in [6.07, 6.45) is 3.39. The number of nitrogens with zero attached hydrogens (tertiary/aromatic N) is 3. The number of pyridine rings is 1. The Kier molecular flexibility index (Phi) is 4.17. The zero-order chi connectivity index (χ0) is 14.7. The van der Waals surface area contributed by atoms with Crippen LogP contribution in [-0.4, -0.2) is 20.2 Å². The Balaban J connectivity index is 1.74. The van der Waals surface area contributed by atoms with Crippen molar-refractivity contribution in [3.8, 4) is 11.4 Å². The maximum Gasteiger partial charge on any atom is 0.209 e. The van der Waals surface area contributed by atoms with Gasteiger partial charge in [-0.1, -0.05) is 29.4 Å². The molecule has 0 aliphatic carbocycles. The molecule has 3 aromatic rings. The van der Waals surface area contributed by atoms with Gasteiger partial charge in [-0.15, -0.1) is 5.10 Å². The first kappa shape index (κ1) is 14.0. The van der Waals surface area contributed by atoms with Crippen LogP contribution in [0.25, 0.3) is 11.4 Å². The Morgan fingerprint density at radius 1 is 1.24 bits per heavy atom. The van der Waals surface area contributed by atoms with E-state index in [-0.39, 0.29) is 5.82 Å². The minimum Gasteiger partial charge on any atom is -0.264 e. The SMILES string of the molecule is Fc1cccc(Cl)c1CSc1n[nH]c(-c2cccnc2)n1. The summed E-state index contributed by atoms with van der Waals surface area (Å²) in [5.41, 5.74) is 1.30. The molecule has 0 amide bonds. The first-order chi connectivity index (χ1) is 10.2. The number of aromatic amines is 1. The third kappa shape index (κ3) is 3.22. The first-order valence-electron chi connectivity index (χ1n) is 6.12. The molecule has 2 aromatic heterocycles. The van der Waals surface area contributed by atoms with Gasteiger partial charge in [0.25, 0.3) is 0 Å². The van der Waals surface area contributed by atoms with Crippen LogP contribution in [0.5, 0.6) is 0 Å². The lowest BCUT2D eigenvalue weighted by Crippen LogP contribution is -1.89. The average Bonchev–Trinajstić information content (AvgIpc) is 2.97. The molecule has 0 saturated carbocycles. The number of H-pyrrole nitrogens is 1. The van der Waals surface area contributed by atoms with E-state index in [2.05, 4.69) is 20.2 Å². The number of thioether (sulfide) groups is 1. The van der Waals surface area contributed by atoms with Gasteiger partial charge in [0.05, 0.1) is 0 Å². The second kappa shape index (κ2) is 6.24. The van der Waals surface area contributed by atoms with Gasteiger partial charge in [0.15, 0.2) is 5.82 Å². The van der Waals surface area contributed by atoms with Gasteiger partial charge in [0, 0.05) is 34.3 Å². The topological polar surface area (TPSA) is 54.5 Å². The van der Waals surface area contributed by atoms with Crippen LogP contribution in [-0.2, 0) is 5.75 Å². The molecule has 106 valence electrons. The van der Waals surface area contributed by atoms with Crippen LogP contribution >= 0.6 is 23.4 Å². The Labute approximate surface area is 129 Å². The lowest BCUT2D eigenvalue weighted by molar-refractivity contribution is 0.617. The van der Waals surface area contributed by atoms with Crippen LogP contribution in [0.15, 0.2) is 47.9 Å². The minimum atomic E-state index is -0.321. The van der Waals surface area contributed by atoms with Crippen molar-refractivity contribution in [1.82, 2.24) is 20.2 Å². The summed E-state index contributed by atoms with van der Waals surface area (Å²) in [7, 11) is 0. The monoisotopic (exact) mass is 320 g/mol. The van der Waals surface area contributed by atoms with Crippen LogP contribution in [0.2, 0.25) is 5.02 Å². The van der Waals surface area contributed by atoms with Gasteiger partial charge in [-0.05, 0) is 24.3 Å². The summed E-state index contributed by atoms with van der Waals surface area (Å²) in [6.45, 7) is 0. The Morgan fingerprint density at radius 3 is 2.90 bits per heavy atom. The second-order valence-electron chi connectivity index (χ2n) is 4.20. The van der Waals surface area contributed by atoms with Gasteiger partial charge in [-0.25, -0.2) is 9.37 Å². The number of hydrogen-bond acceptors (Lipinski definition) is 4. The van der Waals surface area contributed by atoms with E-state index in [1.54, 1.807) is 24.5 Å². The fourth-order valence-electron chi connectivity index (χ4n) is 1.75. The summed E-state index contributed by atoms with van der Waals surface area (Å²) in [5.74, 6) is 0.679. The standard InChI is InChI=1S/C14H10ClFN4S/c15-11-4-1-5-12(16)10(11)8-21-14-18-13(19-20-14)9-3-2-6-17-7-9/h1-7H,8H2,(H,18,19,20). The van der Waals surface area contributed by atoms with Crippen LogP contribution in [0, 0.1) is 5.82 Å². The first-order valence-corrected chi connectivity index (χ1v) is 7.49. The Morgan fingerprint density at radius 2 is 2.14 bits per heavy atom. The second-order valence-corrected chi connectivity index (χ2v) is 5.55. The quantitative estimate of drug-likeness (QED) is 0.739. The number of rotatable bonds is 4. The number of hydrogen-bond donors (Lipinski definition) is 1. The molecule has 0 spiro atoms. The third-order valence-electron chi connectivity index (χ3n) is 2.81. The van der Waals surface area contributed by atoms with Gasteiger partial charge < -0.3 is 0 Å². The van der Waals surface area contributed by atoms with Crippen molar-refractivity contribution in [2.45, 2.75) is 10.9 Å². The van der Waals surface area contributed by atoms with E-state index < -0.39 is 0 Å². The molecule has 0 radical (unpaired) electrons. The molecular weight excluding hydrogens is 311 g/mol. The molecule has 0 fully saturated rings. The minimum absolute atomic E-state index is 0.321. The van der Waals surface area contributed by atoms with Crippen molar-refractivity contribution >= 4 is 23.4 Å². The highest BCUT2D eigenvalue weighted by Gasteiger charge is 2.10. The lowest BCUT2D eigenvalue weighted by atomic mass is 10.2. The van der Waals surface area contributed by atoms with Crippen molar-refractivity contribution < 1.29 is 4.39 Å². The van der Waals surface area contributed by atoms with E-state index in [9.17, 15) is 4.39 Å². The molecule has 0 aliphatic rings. The van der Waals surface area contributed by atoms with Gasteiger partial charge in [-0.2, -0.15) is 0 Å². The van der Waals surface area contributed by atoms with Crippen LogP contribution < -0.4 is 0 Å². The number of benzene rings is 1. The van der Waals surface area contributed by atoms with Crippen LogP contribution in [0.1, 0.15) is 5.56 Å². The molecule has 4 nitrogen and oxygen atoms in total. The molecular formula is C14H10ClFN4S. The van der Waals surface area contributed by atoms with Gasteiger partial charge in [-0.3, -0.25) is 10.1 Å². The average molecular weight is 321 g/mol. The molecule has 0 bridgehead atoms. The van der Waals surface area contributed by atoms with E-state index >= 15 is 0 Å². The van der Waals surface area contributed by atoms with Crippen LogP contribution in [0.4, 0.5) is 4.39 Å². The largest absolute Gasteiger partial charge is 0.264 e. The maximum absolute atomic E-state index is 13.7. The smallest absolute Gasteiger partial charge is 0.209 e. The Bertz CT molecular complexity index is 727. The van der Waals surface area contributed by atoms with Crippen molar-refractivity contribution in [3.63, 3.8) is 0 Å². The molecule has 21 heavy (non-hydrogen) atoms. The molecule has 0 saturated heterocycles. The lowest BCUT2D eigenvalue weighted by Gasteiger charge is -2.03. The molecule has 7 heteroatoms. The maximum atomic E-state index is 13.7. The molecule has 0 atom stereocenters. The number of aromatic nitrogens is 4. The normalized spacial score (nSPS) is 10.8. The van der Waals surface area contributed by atoms with E-state index in [0.717, 1.165) is 5.56 Å². The van der Waals surface area contributed by atoms with Crippen molar-refractivity contribution in [2.75, 3.05) is 0 Å². The molecule has 0 unspecified atom stereocenters. The van der Waals surface area contributed by atoms with E-state index in [1.807, 2.05) is 12.1 Å². The predicted molar refractivity (Wildman–Crippen MR) is 80.6 cm³/mol. The Hall–Kier alpha value is -1.92. The fraction of sp³-hybridized carbons (Fsp3) is 0.0714. The number of nitrogens with one attached hydrogen (secondary N) is 1. The summed E-state index contributed by atoms with van der Waals surface area (Å²) in [5, 5.41) is 7.88. The molecule has 0 aliphatic heterocycles. The third-order valence-corrected chi connectivity index (χ3v) is 4.04. The highest BCUT2D eigenvalue weighted by molar-refractivity contribution is 7.98. The van der Waals surface area contributed by atoms with Crippen molar-refractivity contribution in [2.24, 2.45) is 0 Å². The van der Waals surface area contributed by atoms with E-state index in [0.29, 0.717) is 27.3 Å². The molecule has 1 N–H and O–H groups in total. The molecule has 1 aromatic carbocycles. The summed E-state index contributed by atoms with van der Waals surface area (Å²) < 4.78 is 13.7. The van der Waals surface area contributed by atoms with E-state index in [4.69, 9.17) is 11.6 Å². The number of halogens is 2. The highest BCUT2D eigenvalue weighted by Crippen LogP contribution is 2.27. The van der Waals surface area contributed by atoms with Gasteiger partial charge >= 0.3 is 0 Å². The fourth-order valence-corrected chi connectivity index (χ4v) is 2.89. The predicted octanol–water partition coefficient (Wildman–Crippen LogP) is 3.95. The summed E-state index contributed by atoms with van der Waals surface area (Å²) in [6, 6.07) is 8.35. The zero-order valence-corrected chi connectivity index (χ0v) is 12.3. The molecule has 3 rings (SSSR count). The van der Waals surface area contributed by atoms with Crippen LogP contribution in [0.3, 0.4) is 0 Å². The van der Waals surface area contributed by atoms with Gasteiger partial charge in [0.2, 0.25) is 5.16 Å². The van der Waals surface area contributed by atoms with Gasteiger partial charge in [0.1, 0.15) is 5.82 Å². The van der Waals surface area contributed by atoms with Crippen molar-refractivity contribution in [1.29, 1.82) is 0 Å². The zero-order valence-electron chi connectivity index (χ0n) is 10.8. The van der Waals surface area contributed by atoms with Crippen molar-refractivity contribution in [3.05, 3.63) is 59.1 Å². The van der Waals surface area contributed by atoms with E-state index in [1.165, 1.54) is 17.8 Å².